The first kappa shape index (κ1) is 47.0. The number of hydrogen-bond donors (Lipinski definition) is 5. The zero-order chi connectivity index (χ0) is 46.0. The molecule has 2 saturated heterocycles. The van der Waals surface area contributed by atoms with Crippen LogP contribution < -0.4 is 31.3 Å². The van der Waals surface area contributed by atoms with Crippen LogP contribution in [0.25, 0.3) is 0 Å². The van der Waals surface area contributed by atoms with Crippen LogP contribution in [0.15, 0.2) is 66.2 Å². The van der Waals surface area contributed by atoms with Crippen molar-refractivity contribution in [3.63, 3.8) is 0 Å². The highest BCUT2D eigenvalue weighted by Gasteiger charge is 2.44. The molecule has 1 aliphatic carbocycles. The summed E-state index contributed by atoms with van der Waals surface area (Å²) in [5, 5.41) is 17.9. The lowest BCUT2D eigenvalue weighted by molar-refractivity contribution is -0.137. The standard InChI is InChI=1S/C47H55ClFN9O7S/c48-35-6-3-8-38(42(35)49)65-32-12-17-47(18-13-32,28-31-4-1-9-39(52-31)55-46-51-21-27-66-46)45(63)53-30-14-22-57(23-15-30)24-19-50-20-26-64-25-16-41(60)54-36-7-2-5-33-34(36)29-58(44(33)62)37-10-11-40(59)56-43(37)61/h1-9,21,27,30,32,37,50H,10-20,22-26,28-29H2,(H,53,63)(H,54,60)(H,51,52,55)(H,56,59,61)/t32-,37?,47-. The number of halogens is 2. The van der Waals surface area contributed by atoms with Crippen molar-refractivity contribution in [2.75, 3.05) is 56.6 Å². The van der Waals surface area contributed by atoms with Crippen molar-refractivity contribution in [1.82, 2.24) is 35.7 Å². The third-order valence-electron chi connectivity index (χ3n) is 12.9. The summed E-state index contributed by atoms with van der Waals surface area (Å²) in [6, 6.07) is 14.9. The number of amides is 5. The topological polar surface area (TPSA) is 196 Å². The van der Waals surface area contributed by atoms with E-state index >= 15 is 0 Å². The van der Waals surface area contributed by atoms with Crippen LogP contribution in [0, 0.1) is 11.2 Å². The van der Waals surface area contributed by atoms with Crippen molar-refractivity contribution in [3.8, 4) is 5.75 Å². The minimum absolute atomic E-state index is 0.0119. The van der Waals surface area contributed by atoms with E-state index in [1.165, 1.54) is 22.3 Å². The maximum Gasteiger partial charge on any atom is 0.255 e. The van der Waals surface area contributed by atoms with E-state index in [1.807, 2.05) is 23.6 Å². The average molecular weight is 945 g/mol. The molecule has 0 bridgehead atoms. The van der Waals surface area contributed by atoms with Crippen LogP contribution >= 0.6 is 22.9 Å². The third kappa shape index (κ3) is 11.7. The van der Waals surface area contributed by atoms with E-state index in [0.29, 0.717) is 67.9 Å². The summed E-state index contributed by atoms with van der Waals surface area (Å²) in [6.07, 6.45) is 6.46. The minimum atomic E-state index is -0.729. The van der Waals surface area contributed by atoms with Crippen LogP contribution in [0.1, 0.15) is 79.4 Å². The van der Waals surface area contributed by atoms with Crippen LogP contribution in [0.5, 0.6) is 5.75 Å². The van der Waals surface area contributed by atoms with Crippen molar-refractivity contribution in [2.24, 2.45) is 5.41 Å². The molecule has 1 saturated carbocycles. The number of likely N-dealkylation sites (tertiary alicyclic amines) is 1. The third-order valence-corrected chi connectivity index (χ3v) is 13.8. The first-order valence-corrected chi connectivity index (χ1v) is 23.9. The highest BCUT2D eigenvalue weighted by Crippen LogP contribution is 2.42. The molecule has 3 aliphatic heterocycles. The van der Waals surface area contributed by atoms with E-state index in [-0.39, 0.29) is 79.0 Å². The van der Waals surface area contributed by atoms with Gasteiger partial charge in [0.2, 0.25) is 23.6 Å². The van der Waals surface area contributed by atoms with E-state index in [0.717, 1.165) is 49.8 Å². The molecule has 5 heterocycles. The zero-order valence-corrected chi connectivity index (χ0v) is 38.2. The largest absolute Gasteiger partial charge is 0.487 e. The number of ether oxygens (including phenoxy) is 2. The molecule has 0 spiro atoms. The van der Waals surface area contributed by atoms with E-state index in [2.05, 4.69) is 36.5 Å². The molecule has 4 aromatic rings. The number of thiazole rings is 1. The highest BCUT2D eigenvalue weighted by atomic mass is 35.5. The summed E-state index contributed by atoms with van der Waals surface area (Å²) in [5.74, 6) is -1.14. The maximum absolute atomic E-state index is 14.7. The summed E-state index contributed by atoms with van der Waals surface area (Å²) >= 11 is 7.50. The molecular weight excluding hydrogens is 889 g/mol. The number of rotatable bonds is 19. The van der Waals surface area contributed by atoms with Crippen LogP contribution in [-0.2, 0) is 36.9 Å². The number of aromatic nitrogens is 2. The van der Waals surface area contributed by atoms with Crippen molar-refractivity contribution in [1.29, 1.82) is 0 Å². The van der Waals surface area contributed by atoms with Gasteiger partial charge in [-0.2, -0.15) is 0 Å². The summed E-state index contributed by atoms with van der Waals surface area (Å²) < 4.78 is 26.5. The number of benzene rings is 2. The number of fused-ring (bicyclic) bond motifs is 1. The summed E-state index contributed by atoms with van der Waals surface area (Å²) in [5.41, 5.74) is 1.70. The average Bonchev–Trinajstić information content (AvgIpc) is 3.95. The van der Waals surface area contributed by atoms with E-state index in [1.54, 1.807) is 36.5 Å². The van der Waals surface area contributed by atoms with Crippen LogP contribution in [-0.4, -0.2) is 113 Å². The Hall–Kier alpha value is -5.53. The quantitative estimate of drug-likeness (QED) is 0.0578. The molecule has 1 atom stereocenters. The molecule has 2 aromatic carbocycles. The van der Waals surface area contributed by atoms with Crippen molar-refractivity contribution in [3.05, 3.63) is 93.8 Å². The summed E-state index contributed by atoms with van der Waals surface area (Å²) in [6.45, 7) is 4.79. The number of anilines is 3. The zero-order valence-electron chi connectivity index (χ0n) is 36.6. The molecule has 2 aromatic heterocycles. The van der Waals surface area contributed by atoms with Crippen molar-refractivity contribution < 1.29 is 37.8 Å². The molecular formula is C47H55ClFN9O7S. The van der Waals surface area contributed by atoms with Crippen molar-refractivity contribution in [2.45, 2.75) is 88.9 Å². The Morgan fingerprint density at radius 3 is 2.56 bits per heavy atom. The molecule has 5 N–H and O–H groups in total. The summed E-state index contributed by atoms with van der Waals surface area (Å²) in [7, 11) is 0. The van der Waals surface area contributed by atoms with Gasteiger partial charge in [-0.25, -0.2) is 14.4 Å². The molecule has 4 aliphatic rings. The molecule has 350 valence electrons. The Kier molecular flexibility index (Phi) is 15.6. The normalized spacial score (nSPS) is 21.3. The molecule has 8 rings (SSSR count). The number of carbonyl (C=O) groups is 5. The first-order valence-electron chi connectivity index (χ1n) is 22.6. The van der Waals surface area contributed by atoms with Gasteiger partial charge in [0.05, 0.1) is 36.2 Å². The second kappa shape index (κ2) is 21.8. The van der Waals surface area contributed by atoms with Gasteiger partial charge < -0.3 is 40.5 Å². The number of nitrogens with one attached hydrogen (secondary N) is 5. The lowest BCUT2D eigenvalue weighted by Gasteiger charge is -2.41. The molecule has 19 heteroatoms. The lowest BCUT2D eigenvalue weighted by atomic mass is 9.69. The first-order chi connectivity index (χ1) is 32.0. The Balaban J connectivity index is 0.740. The second-order valence-electron chi connectivity index (χ2n) is 17.3. The number of piperidine rings is 2. The predicted octanol–water partition coefficient (Wildman–Crippen LogP) is 5.60. The van der Waals surface area contributed by atoms with Gasteiger partial charge in [-0.1, -0.05) is 29.8 Å². The van der Waals surface area contributed by atoms with Gasteiger partial charge in [-0.15, -0.1) is 11.3 Å². The van der Waals surface area contributed by atoms with Gasteiger partial charge in [0, 0.05) is 92.2 Å². The monoisotopic (exact) mass is 943 g/mol. The van der Waals surface area contributed by atoms with Crippen LogP contribution in [0.4, 0.5) is 21.0 Å². The van der Waals surface area contributed by atoms with E-state index in [9.17, 15) is 28.4 Å². The molecule has 3 fully saturated rings. The Bertz CT molecular complexity index is 2380. The highest BCUT2D eigenvalue weighted by molar-refractivity contribution is 7.13. The molecule has 66 heavy (non-hydrogen) atoms. The predicted molar refractivity (Wildman–Crippen MR) is 247 cm³/mol. The van der Waals surface area contributed by atoms with Gasteiger partial charge in [-0.3, -0.25) is 29.3 Å². The maximum atomic E-state index is 14.7. The number of imide groups is 1. The van der Waals surface area contributed by atoms with E-state index < -0.39 is 23.2 Å². The fourth-order valence-corrected chi connectivity index (χ4v) is 9.92. The van der Waals surface area contributed by atoms with Crippen LogP contribution in [0.2, 0.25) is 5.02 Å². The van der Waals surface area contributed by atoms with Gasteiger partial charge in [0.25, 0.3) is 5.91 Å². The van der Waals surface area contributed by atoms with Gasteiger partial charge in [0.15, 0.2) is 16.7 Å². The molecule has 0 radical (unpaired) electrons. The molecule has 1 unspecified atom stereocenters. The Morgan fingerprint density at radius 1 is 0.970 bits per heavy atom. The van der Waals surface area contributed by atoms with Crippen molar-refractivity contribution >= 4 is 69.1 Å². The number of pyridine rings is 1. The lowest BCUT2D eigenvalue weighted by Crippen LogP contribution is -2.52. The number of nitrogens with zero attached hydrogens (tertiary/aromatic N) is 4. The summed E-state index contributed by atoms with van der Waals surface area (Å²) in [4.78, 5) is 77.3. The van der Waals surface area contributed by atoms with Gasteiger partial charge in [-0.05, 0) is 81.3 Å². The van der Waals surface area contributed by atoms with E-state index in [4.69, 9.17) is 26.1 Å². The van der Waals surface area contributed by atoms with Gasteiger partial charge in [0.1, 0.15) is 11.9 Å². The SMILES string of the molecule is O=C1CCC(N2Cc3c(NC(=O)CCOCCNCCN4CCC(NC(=O)[C@]5(Cc6cccc(Nc7nccs7)n6)CC[C@@H](Oc6cccc(Cl)c6F)CC5)CC4)cccc3C2=O)C(=O)N1. The smallest absolute Gasteiger partial charge is 0.255 e. The molecule has 5 amide bonds. The number of carbonyl (C=O) groups excluding carboxylic acids is 5. The van der Waals surface area contributed by atoms with Gasteiger partial charge >= 0.3 is 0 Å². The molecule has 16 nitrogen and oxygen atoms in total. The number of hydrogen-bond acceptors (Lipinski definition) is 13. The fraction of sp³-hybridized carbons (Fsp3) is 0.468. The Morgan fingerprint density at radius 2 is 1.77 bits per heavy atom. The Labute approximate surface area is 391 Å². The van der Waals surface area contributed by atoms with Crippen LogP contribution in [0.3, 0.4) is 0 Å². The fourth-order valence-electron chi connectivity index (χ4n) is 9.22. The second-order valence-corrected chi connectivity index (χ2v) is 18.6. The minimum Gasteiger partial charge on any atom is -0.487 e.